The van der Waals surface area contributed by atoms with E-state index in [0.717, 1.165) is 11.3 Å². The molecule has 0 aliphatic heterocycles. The highest BCUT2D eigenvalue weighted by Gasteiger charge is 2.08. The molecule has 1 heterocycles. The molecule has 2 rings (SSSR count). The number of anilines is 1. The second-order valence-electron chi connectivity index (χ2n) is 4.83. The first-order valence-corrected chi connectivity index (χ1v) is 7.20. The monoisotopic (exact) mass is 316 g/mol. The SMILES string of the molecule is CC/C(=N\Nc1nc(C)cc(=O)[nH]1)c1ccc(OC)c(OC)c1. The fourth-order valence-corrected chi connectivity index (χ4v) is 2.12. The summed E-state index contributed by atoms with van der Waals surface area (Å²) < 4.78 is 10.5. The Morgan fingerprint density at radius 3 is 2.61 bits per heavy atom. The third kappa shape index (κ3) is 4.09. The molecule has 1 aromatic heterocycles. The fourth-order valence-electron chi connectivity index (χ4n) is 2.12. The standard InChI is InChI=1S/C16H20N4O3/c1-5-12(11-6-7-13(22-3)14(9-11)23-4)19-20-16-17-10(2)8-15(21)18-16/h6-9H,5H2,1-4H3,(H2,17,18,20,21)/b19-12+. The Labute approximate surface area is 134 Å². The Bertz CT molecular complexity index is 768. The van der Waals surface area contributed by atoms with E-state index < -0.39 is 0 Å². The van der Waals surface area contributed by atoms with E-state index in [1.807, 2.05) is 25.1 Å². The van der Waals surface area contributed by atoms with Crippen molar-refractivity contribution in [1.82, 2.24) is 9.97 Å². The predicted octanol–water partition coefficient (Wildman–Crippen LogP) is 2.32. The summed E-state index contributed by atoms with van der Waals surface area (Å²) in [6.07, 6.45) is 0.693. The van der Waals surface area contributed by atoms with Crippen LogP contribution < -0.4 is 20.5 Å². The predicted molar refractivity (Wildman–Crippen MR) is 89.6 cm³/mol. The second-order valence-corrected chi connectivity index (χ2v) is 4.83. The van der Waals surface area contributed by atoms with Gasteiger partial charge >= 0.3 is 0 Å². The largest absolute Gasteiger partial charge is 0.493 e. The summed E-state index contributed by atoms with van der Waals surface area (Å²) in [5.41, 5.74) is 4.89. The van der Waals surface area contributed by atoms with Crippen LogP contribution in [-0.2, 0) is 0 Å². The van der Waals surface area contributed by atoms with Gasteiger partial charge in [0.1, 0.15) is 0 Å². The van der Waals surface area contributed by atoms with Gasteiger partial charge in [0.05, 0.1) is 19.9 Å². The minimum Gasteiger partial charge on any atom is -0.493 e. The molecule has 2 aromatic rings. The van der Waals surface area contributed by atoms with E-state index >= 15 is 0 Å². The van der Waals surface area contributed by atoms with Crippen molar-refractivity contribution in [2.75, 3.05) is 19.6 Å². The number of aromatic amines is 1. The summed E-state index contributed by atoms with van der Waals surface area (Å²) in [7, 11) is 3.18. The average molecular weight is 316 g/mol. The zero-order valence-corrected chi connectivity index (χ0v) is 13.6. The minimum absolute atomic E-state index is 0.223. The smallest absolute Gasteiger partial charge is 0.252 e. The number of ether oxygens (including phenoxy) is 2. The van der Waals surface area contributed by atoms with Crippen LogP contribution in [0.2, 0.25) is 0 Å². The van der Waals surface area contributed by atoms with Gasteiger partial charge in [-0.05, 0) is 31.5 Å². The van der Waals surface area contributed by atoms with E-state index in [2.05, 4.69) is 20.5 Å². The third-order valence-corrected chi connectivity index (χ3v) is 3.22. The van der Waals surface area contributed by atoms with E-state index in [0.29, 0.717) is 29.6 Å². The fraction of sp³-hybridized carbons (Fsp3) is 0.312. The average Bonchev–Trinajstić information content (AvgIpc) is 2.54. The lowest BCUT2D eigenvalue weighted by Gasteiger charge is -2.10. The molecule has 0 radical (unpaired) electrons. The van der Waals surface area contributed by atoms with Crippen molar-refractivity contribution in [2.45, 2.75) is 20.3 Å². The molecule has 23 heavy (non-hydrogen) atoms. The number of nitrogens with one attached hydrogen (secondary N) is 2. The van der Waals surface area contributed by atoms with E-state index in [9.17, 15) is 4.79 Å². The van der Waals surface area contributed by atoms with Gasteiger partial charge in [-0.15, -0.1) is 0 Å². The molecule has 0 aliphatic rings. The van der Waals surface area contributed by atoms with Crippen molar-refractivity contribution in [3.8, 4) is 11.5 Å². The van der Waals surface area contributed by atoms with Gasteiger partial charge in [-0.25, -0.2) is 10.4 Å². The molecule has 0 fully saturated rings. The van der Waals surface area contributed by atoms with Crippen molar-refractivity contribution in [3.63, 3.8) is 0 Å². The van der Waals surface area contributed by atoms with Crippen LogP contribution in [0.4, 0.5) is 5.95 Å². The summed E-state index contributed by atoms with van der Waals surface area (Å²) in [5.74, 6) is 1.60. The van der Waals surface area contributed by atoms with Gasteiger partial charge < -0.3 is 9.47 Å². The Kier molecular flexibility index (Phi) is 5.35. The Hall–Kier alpha value is -2.83. The molecule has 1 aromatic carbocycles. The molecule has 0 aliphatic carbocycles. The summed E-state index contributed by atoms with van der Waals surface area (Å²) >= 11 is 0. The van der Waals surface area contributed by atoms with Crippen molar-refractivity contribution >= 4 is 11.7 Å². The molecule has 0 saturated carbocycles. The number of aromatic nitrogens is 2. The van der Waals surface area contributed by atoms with Gasteiger partial charge in [-0.3, -0.25) is 9.78 Å². The molecule has 0 unspecified atom stereocenters. The van der Waals surface area contributed by atoms with Crippen LogP contribution in [0.5, 0.6) is 11.5 Å². The van der Waals surface area contributed by atoms with Crippen LogP contribution in [-0.4, -0.2) is 29.9 Å². The van der Waals surface area contributed by atoms with Crippen LogP contribution in [0.25, 0.3) is 0 Å². The number of aryl methyl sites for hydroxylation is 1. The van der Waals surface area contributed by atoms with Gasteiger partial charge in [-0.2, -0.15) is 5.10 Å². The molecule has 0 atom stereocenters. The van der Waals surface area contributed by atoms with Crippen LogP contribution in [0.3, 0.4) is 0 Å². The summed E-state index contributed by atoms with van der Waals surface area (Å²) in [4.78, 5) is 18.2. The molecule has 7 nitrogen and oxygen atoms in total. The zero-order valence-electron chi connectivity index (χ0n) is 13.6. The maximum atomic E-state index is 11.4. The van der Waals surface area contributed by atoms with Gasteiger partial charge in [0, 0.05) is 17.3 Å². The quantitative estimate of drug-likeness (QED) is 0.630. The highest BCUT2D eigenvalue weighted by Crippen LogP contribution is 2.28. The topological polar surface area (TPSA) is 88.6 Å². The number of benzene rings is 1. The van der Waals surface area contributed by atoms with Crippen LogP contribution >= 0.6 is 0 Å². The van der Waals surface area contributed by atoms with Gasteiger partial charge in [0.2, 0.25) is 5.95 Å². The zero-order chi connectivity index (χ0) is 16.8. The lowest BCUT2D eigenvalue weighted by molar-refractivity contribution is 0.355. The third-order valence-electron chi connectivity index (χ3n) is 3.22. The normalized spacial score (nSPS) is 11.2. The van der Waals surface area contributed by atoms with E-state index in [4.69, 9.17) is 9.47 Å². The first-order chi connectivity index (χ1) is 11.1. The molecule has 122 valence electrons. The number of nitrogens with zero attached hydrogens (tertiary/aromatic N) is 2. The number of hydrogen-bond donors (Lipinski definition) is 2. The molecule has 0 bridgehead atoms. The second kappa shape index (κ2) is 7.44. The number of hydrazone groups is 1. The van der Waals surface area contributed by atoms with Crippen molar-refractivity contribution in [3.05, 3.63) is 45.9 Å². The van der Waals surface area contributed by atoms with Crippen LogP contribution in [0.1, 0.15) is 24.6 Å². The molecule has 0 spiro atoms. The lowest BCUT2D eigenvalue weighted by Crippen LogP contribution is -2.12. The molecule has 2 N–H and O–H groups in total. The number of methoxy groups -OCH3 is 2. The van der Waals surface area contributed by atoms with Gasteiger partial charge in [0.25, 0.3) is 5.56 Å². The van der Waals surface area contributed by atoms with Gasteiger partial charge in [0.15, 0.2) is 11.5 Å². The molecule has 7 heteroatoms. The van der Waals surface area contributed by atoms with E-state index in [1.165, 1.54) is 6.07 Å². The number of hydrogen-bond acceptors (Lipinski definition) is 6. The first-order valence-electron chi connectivity index (χ1n) is 7.20. The highest BCUT2D eigenvalue weighted by molar-refractivity contribution is 6.01. The molecule has 0 saturated heterocycles. The van der Waals surface area contributed by atoms with Crippen molar-refractivity contribution < 1.29 is 9.47 Å². The maximum absolute atomic E-state index is 11.4. The first kappa shape index (κ1) is 16.5. The summed E-state index contributed by atoms with van der Waals surface area (Å²) in [6, 6.07) is 7.00. The minimum atomic E-state index is -0.223. The molecular formula is C16H20N4O3. The summed E-state index contributed by atoms with van der Waals surface area (Å²) in [6.45, 7) is 3.74. The Morgan fingerprint density at radius 1 is 1.26 bits per heavy atom. The number of rotatable bonds is 6. The highest BCUT2D eigenvalue weighted by atomic mass is 16.5. The number of H-pyrrole nitrogens is 1. The van der Waals surface area contributed by atoms with Crippen molar-refractivity contribution in [2.24, 2.45) is 5.10 Å². The molecular weight excluding hydrogens is 296 g/mol. The van der Waals surface area contributed by atoms with Crippen molar-refractivity contribution in [1.29, 1.82) is 0 Å². The lowest BCUT2D eigenvalue weighted by atomic mass is 10.1. The van der Waals surface area contributed by atoms with E-state index in [1.54, 1.807) is 21.1 Å². The molecule has 0 amide bonds. The van der Waals surface area contributed by atoms with Gasteiger partial charge in [-0.1, -0.05) is 6.92 Å². The Balaban J connectivity index is 2.29. The summed E-state index contributed by atoms with van der Waals surface area (Å²) in [5, 5.41) is 4.33. The maximum Gasteiger partial charge on any atom is 0.252 e. The van der Waals surface area contributed by atoms with Crippen LogP contribution in [0.15, 0.2) is 34.2 Å². The Morgan fingerprint density at radius 2 is 2.00 bits per heavy atom. The van der Waals surface area contributed by atoms with Crippen LogP contribution in [0, 0.1) is 6.92 Å². The van der Waals surface area contributed by atoms with E-state index in [-0.39, 0.29) is 5.56 Å².